The number of halogens is 1. The van der Waals surface area contributed by atoms with Gasteiger partial charge in [-0.2, -0.15) is 4.98 Å². The van der Waals surface area contributed by atoms with E-state index in [1.54, 1.807) is 23.3 Å². The minimum absolute atomic E-state index is 0.478. The summed E-state index contributed by atoms with van der Waals surface area (Å²) in [6, 6.07) is 8.29. The van der Waals surface area contributed by atoms with Gasteiger partial charge >= 0.3 is 0 Å². The maximum atomic E-state index is 6.37. The highest BCUT2D eigenvalue weighted by atomic mass is 35.5. The number of anilines is 3. The smallest absolute Gasteiger partial charge is 0.247 e. The van der Waals surface area contributed by atoms with Gasteiger partial charge in [-0.1, -0.05) is 11.6 Å². The van der Waals surface area contributed by atoms with Crippen LogP contribution >= 0.6 is 11.6 Å². The Morgan fingerprint density at radius 1 is 1.10 bits per heavy atom. The van der Waals surface area contributed by atoms with Gasteiger partial charge in [0.2, 0.25) is 5.95 Å². The fourth-order valence-electron chi connectivity index (χ4n) is 3.65. The van der Waals surface area contributed by atoms with Crippen LogP contribution in [0.4, 0.5) is 17.3 Å². The summed E-state index contributed by atoms with van der Waals surface area (Å²) in [5, 5.41) is 8.32. The minimum atomic E-state index is 0.478. The molecule has 29 heavy (non-hydrogen) atoms. The van der Waals surface area contributed by atoms with Crippen molar-refractivity contribution in [2.75, 3.05) is 49.6 Å². The lowest BCUT2D eigenvalue weighted by atomic mass is 10.0. The van der Waals surface area contributed by atoms with Gasteiger partial charge in [-0.3, -0.25) is 4.90 Å². The predicted octanol–water partition coefficient (Wildman–Crippen LogP) is 1.98. The Bertz CT molecular complexity index is 969. The maximum Gasteiger partial charge on any atom is 0.247 e. The predicted molar refractivity (Wildman–Crippen MR) is 110 cm³/mol. The lowest BCUT2D eigenvalue weighted by Gasteiger charge is -2.47. The Balaban J connectivity index is 1.26. The Morgan fingerprint density at radius 2 is 1.97 bits per heavy atom. The quantitative estimate of drug-likeness (QED) is 0.681. The van der Waals surface area contributed by atoms with E-state index >= 15 is 0 Å². The third-order valence-electron chi connectivity index (χ3n) is 5.22. The number of nitrogens with one attached hydrogen (secondary N) is 1. The van der Waals surface area contributed by atoms with Crippen LogP contribution in [0.1, 0.15) is 0 Å². The van der Waals surface area contributed by atoms with Crippen LogP contribution in [0.5, 0.6) is 0 Å². The van der Waals surface area contributed by atoms with Crippen LogP contribution in [0.25, 0.3) is 5.82 Å². The van der Waals surface area contributed by atoms with E-state index in [9.17, 15) is 0 Å². The molecular formula is C19H21ClN8O. The monoisotopic (exact) mass is 412 g/mol. The highest BCUT2D eigenvalue weighted by Gasteiger charge is 2.32. The van der Waals surface area contributed by atoms with E-state index in [2.05, 4.69) is 41.2 Å². The van der Waals surface area contributed by atoms with Gasteiger partial charge in [0.1, 0.15) is 12.7 Å². The Morgan fingerprint density at radius 3 is 2.76 bits per heavy atom. The van der Waals surface area contributed by atoms with Gasteiger partial charge in [-0.15, -0.1) is 5.10 Å². The first-order valence-electron chi connectivity index (χ1n) is 9.57. The van der Waals surface area contributed by atoms with Gasteiger partial charge in [-0.25, -0.2) is 14.6 Å². The average molecular weight is 413 g/mol. The summed E-state index contributed by atoms with van der Waals surface area (Å²) in [6.45, 7) is 5.69. The van der Waals surface area contributed by atoms with Crippen LogP contribution in [0, 0.1) is 0 Å². The Labute approximate surface area is 173 Å². The third-order valence-corrected chi connectivity index (χ3v) is 5.44. The zero-order valence-corrected chi connectivity index (χ0v) is 16.5. The summed E-state index contributed by atoms with van der Waals surface area (Å²) < 4.78 is 7.04. The van der Waals surface area contributed by atoms with Crippen molar-refractivity contribution in [3.8, 4) is 5.82 Å². The lowest BCUT2D eigenvalue weighted by Crippen LogP contribution is -2.61. The standard InChI is InChI=1S/C19H21ClN8O/c20-14-7-15(24-19-23-13-28(25-19)18-1-2-21-12-22-18)9-16(8-14)27-10-17(11-27)26-3-5-29-6-4-26/h1-2,7-9,12-13,17H,3-6,10-11H2,(H,24,25). The van der Waals surface area contributed by atoms with Gasteiger partial charge < -0.3 is 15.0 Å². The van der Waals surface area contributed by atoms with Crippen LogP contribution in [0.2, 0.25) is 5.02 Å². The number of aromatic nitrogens is 5. The number of hydrogen-bond acceptors (Lipinski definition) is 8. The molecule has 0 unspecified atom stereocenters. The van der Waals surface area contributed by atoms with Crippen molar-refractivity contribution in [3.63, 3.8) is 0 Å². The third kappa shape index (κ3) is 4.02. The van der Waals surface area contributed by atoms with Crippen molar-refractivity contribution < 1.29 is 4.74 Å². The second-order valence-corrected chi connectivity index (χ2v) is 7.55. The SMILES string of the molecule is Clc1cc(Nc2ncn(-c3ccncn3)n2)cc(N2CC(N3CCOCC3)C2)c1. The number of ether oxygens (including phenoxy) is 1. The van der Waals surface area contributed by atoms with E-state index in [-0.39, 0.29) is 0 Å². The van der Waals surface area contributed by atoms with Crippen molar-refractivity contribution in [2.45, 2.75) is 6.04 Å². The summed E-state index contributed by atoms with van der Waals surface area (Å²) in [4.78, 5) is 17.2. The average Bonchev–Trinajstić information content (AvgIpc) is 3.16. The summed E-state index contributed by atoms with van der Waals surface area (Å²) >= 11 is 6.37. The summed E-state index contributed by atoms with van der Waals surface area (Å²) in [5.74, 6) is 1.13. The number of hydrogen-bond donors (Lipinski definition) is 1. The fourth-order valence-corrected chi connectivity index (χ4v) is 3.88. The van der Waals surface area contributed by atoms with Gasteiger partial charge in [-0.05, 0) is 18.2 Å². The van der Waals surface area contributed by atoms with Crippen LogP contribution in [-0.2, 0) is 4.74 Å². The van der Waals surface area contributed by atoms with Gasteiger partial charge in [0.15, 0.2) is 5.82 Å². The van der Waals surface area contributed by atoms with Crippen LogP contribution in [0.15, 0.2) is 43.1 Å². The first-order chi connectivity index (χ1) is 14.2. The molecule has 0 aliphatic carbocycles. The molecule has 0 radical (unpaired) electrons. The van der Waals surface area contributed by atoms with E-state index < -0.39 is 0 Å². The molecule has 0 spiro atoms. The second-order valence-electron chi connectivity index (χ2n) is 7.11. The Kier molecular flexibility index (Phi) is 5.01. The molecule has 2 fully saturated rings. The van der Waals surface area contributed by atoms with Crippen molar-refractivity contribution >= 4 is 28.9 Å². The largest absolute Gasteiger partial charge is 0.379 e. The number of nitrogens with zero attached hydrogens (tertiary/aromatic N) is 7. The van der Waals surface area contributed by atoms with Crippen molar-refractivity contribution in [1.29, 1.82) is 0 Å². The molecule has 2 aliphatic rings. The molecule has 0 bridgehead atoms. The number of rotatable bonds is 5. The van der Waals surface area contributed by atoms with E-state index in [4.69, 9.17) is 16.3 Å². The molecule has 10 heteroatoms. The molecule has 2 saturated heterocycles. The molecule has 3 aromatic rings. The van der Waals surface area contributed by atoms with Crippen LogP contribution in [0.3, 0.4) is 0 Å². The van der Waals surface area contributed by atoms with Crippen molar-refractivity contribution in [3.05, 3.63) is 48.1 Å². The topological polar surface area (TPSA) is 84.2 Å². The van der Waals surface area contributed by atoms with E-state index in [0.29, 0.717) is 22.8 Å². The summed E-state index contributed by atoms with van der Waals surface area (Å²) in [6.07, 6.45) is 4.75. The fraction of sp³-hybridized carbons (Fsp3) is 0.368. The minimum Gasteiger partial charge on any atom is -0.379 e. The highest BCUT2D eigenvalue weighted by Crippen LogP contribution is 2.31. The Hall–Kier alpha value is -2.75. The molecule has 9 nitrogen and oxygen atoms in total. The number of morpholine rings is 1. The normalized spacial score (nSPS) is 17.9. The van der Waals surface area contributed by atoms with Crippen LogP contribution < -0.4 is 10.2 Å². The van der Waals surface area contributed by atoms with Crippen molar-refractivity contribution in [2.24, 2.45) is 0 Å². The van der Waals surface area contributed by atoms with E-state index in [0.717, 1.165) is 50.8 Å². The zero-order valence-electron chi connectivity index (χ0n) is 15.8. The second kappa shape index (κ2) is 7.94. The maximum absolute atomic E-state index is 6.37. The molecule has 5 rings (SSSR count). The van der Waals surface area contributed by atoms with Crippen molar-refractivity contribution in [1.82, 2.24) is 29.6 Å². The highest BCUT2D eigenvalue weighted by molar-refractivity contribution is 6.31. The molecular weight excluding hydrogens is 392 g/mol. The molecule has 1 N–H and O–H groups in total. The molecule has 0 amide bonds. The molecule has 4 heterocycles. The molecule has 2 aliphatic heterocycles. The lowest BCUT2D eigenvalue weighted by molar-refractivity contribution is 0.0105. The molecule has 0 atom stereocenters. The first kappa shape index (κ1) is 18.3. The first-order valence-corrected chi connectivity index (χ1v) is 9.95. The zero-order chi connectivity index (χ0) is 19.6. The van der Waals surface area contributed by atoms with Gasteiger partial charge in [0, 0.05) is 60.9 Å². The molecule has 150 valence electrons. The van der Waals surface area contributed by atoms with Gasteiger partial charge in [0.25, 0.3) is 0 Å². The summed E-state index contributed by atoms with van der Waals surface area (Å²) in [7, 11) is 0. The molecule has 2 aromatic heterocycles. The molecule has 1 aromatic carbocycles. The summed E-state index contributed by atoms with van der Waals surface area (Å²) in [5.41, 5.74) is 1.95. The number of benzene rings is 1. The van der Waals surface area contributed by atoms with E-state index in [1.807, 2.05) is 12.1 Å². The van der Waals surface area contributed by atoms with E-state index in [1.165, 1.54) is 6.33 Å². The molecule has 0 saturated carbocycles. The van der Waals surface area contributed by atoms with Gasteiger partial charge in [0.05, 0.1) is 13.2 Å². The van der Waals surface area contributed by atoms with Crippen LogP contribution in [-0.4, -0.2) is 75.1 Å².